The first-order chi connectivity index (χ1) is 8.58. The van der Waals surface area contributed by atoms with Crippen LogP contribution in [0.15, 0.2) is 0 Å². The fourth-order valence-corrected chi connectivity index (χ4v) is 3.47. The smallest absolute Gasteiger partial charge is 0.322 e. The van der Waals surface area contributed by atoms with Crippen LogP contribution in [0.2, 0.25) is 5.28 Å². The van der Waals surface area contributed by atoms with E-state index in [1.165, 1.54) is 0 Å². The molecule has 0 saturated carbocycles. The topological polar surface area (TPSA) is 51.1 Å². The Bertz CT molecular complexity index is 410. The predicted octanol–water partition coefficient (Wildman–Crippen LogP) is 2.25. The molecule has 1 aliphatic rings. The number of ether oxygens (including phenoxy) is 1. The van der Waals surface area contributed by atoms with Crippen molar-refractivity contribution in [1.29, 1.82) is 0 Å². The second-order valence-electron chi connectivity index (χ2n) is 4.28. The molecule has 0 amide bonds. The van der Waals surface area contributed by atoms with Crippen molar-refractivity contribution < 1.29 is 4.74 Å². The summed E-state index contributed by atoms with van der Waals surface area (Å²) < 4.78 is 5.29. The van der Waals surface area contributed by atoms with Crippen molar-refractivity contribution in [1.82, 2.24) is 15.0 Å². The lowest BCUT2D eigenvalue weighted by Gasteiger charge is -2.34. The van der Waals surface area contributed by atoms with Gasteiger partial charge in [-0.1, -0.05) is 13.8 Å². The molecule has 1 aromatic heterocycles. The number of aromatic nitrogens is 3. The lowest BCUT2D eigenvalue weighted by Crippen LogP contribution is -2.41. The average molecular weight is 289 g/mol. The fraction of sp³-hybridized carbons (Fsp3) is 0.727. The third-order valence-electron chi connectivity index (χ3n) is 2.55. The molecule has 1 aromatic rings. The van der Waals surface area contributed by atoms with Crippen LogP contribution in [0, 0.1) is 0 Å². The number of hydrogen-bond acceptors (Lipinski definition) is 6. The van der Waals surface area contributed by atoms with Gasteiger partial charge in [0, 0.05) is 23.6 Å². The number of anilines is 1. The van der Waals surface area contributed by atoms with Crippen LogP contribution < -0.4 is 9.64 Å². The molecule has 2 unspecified atom stereocenters. The third-order valence-corrected chi connectivity index (χ3v) is 3.95. The van der Waals surface area contributed by atoms with Gasteiger partial charge in [0.2, 0.25) is 11.2 Å². The van der Waals surface area contributed by atoms with Crippen molar-refractivity contribution in [2.24, 2.45) is 0 Å². The molecule has 18 heavy (non-hydrogen) atoms. The molecule has 100 valence electrons. The number of halogens is 1. The highest BCUT2D eigenvalue weighted by molar-refractivity contribution is 8.00. The molecule has 0 bridgehead atoms. The molecule has 0 N–H and O–H groups in total. The number of nitrogens with zero attached hydrogens (tertiary/aromatic N) is 4. The van der Waals surface area contributed by atoms with Crippen molar-refractivity contribution in [2.45, 2.75) is 31.3 Å². The highest BCUT2D eigenvalue weighted by Gasteiger charge is 2.25. The maximum Gasteiger partial charge on any atom is 0.322 e. The monoisotopic (exact) mass is 288 g/mol. The van der Waals surface area contributed by atoms with Crippen molar-refractivity contribution in [2.75, 3.05) is 24.6 Å². The van der Waals surface area contributed by atoms with Crippen molar-refractivity contribution in [3.8, 4) is 6.01 Å². The highest BCUT2D eigenvalue weighted by Crippen LogP contribution is 2.27. The molecule has 0 aliphatic carbocycles. The van der Waals surface area contributed by atoms with Gasteiger partial charge in [-0.15, -0.1) is 0 Å². The fourth-order valence-electron chi connectivity index (χ4n) is 2.00. The van der Waals surface area contributed by atoms with Crippen LogP contribution >= 0.6 is 23.4 Å². The van der Waals surface area contributed by atoms with E-state index in [9.17, 15) is 0 Å². The minimum atomic E-state index is 0.182. The Morgan fingerprint density at radius 3 is 2.56 bits per heavy atom. The quantitative estimate of drug-likeness (QED) is 0.850. The maximum absolute atomic E-state index is 5.90. The van der Waals surface area contributed by atoms with Gasteiger partial charge in [-0.05, 0) is 18.5 Å². The molecular formula is C11H17ClN4OS. The van der Waals surface area contributed by atoms with Gasteiger partial charge in [-0.25, -0.2) is 0 Å². The zero-order valence-corrected chi connectivity index (χ0v) is 12.3. The van der Waals surface area contributed by atoms with Crippen LogP contribution in [0.25, 0.3) is 0 Å². The SMILES string of the molecule is CCOc1nc(Cl)nc(N2CC(C)SC(C)C2)n1. The van der Waals surface area contributed by atoms with E-state index in [2.05, 4.69) is 33.7 Å². The summed E-state index contributed by atoms with van der Waals surface area (Å²) >= 11 is 7.88. The van der Waals surface area contributed by atoms with E-state index in [1.807, 2.05) is 18.7 Å². The normalized spacial score (nSPS) is 24.1. The minimum Gasteiger partial charge on any atom is -0.464 e. The molecule has 2 atom stereocenters. The lowest BCUT2D eigenvalue weighted by atomic mass is 10.3. The Hall–Kier alpha value is -0.750. The van der Waals surface area contributed by atoms with Crippen LogP contribution in [0.3, 0.4) is 0 Å². The van der Waals surface area contributed by atoms with E-state index < -0.39 is 0 Å². The van der Waals surface area contributed by atoms with E-state index in [0.717, 1.165) is 13.1 Å². The van der Waals surface area contributed by atoms with Crippen molar-refractivity contribution in [3.05, 3.63) is 5.28 Å². The number of hydrogen-bond donors (Lipinski definition) is 0. The molecule has 1 saturated heterocycles. The largest absolute Gasteiger partial charge is 0.464 e. The van der Waals surface area contributed by atoms with Crippen LogP contribution in [0.4, 0.5) is 5.95 Å². The van der Waals surface area contributed by atoms with Crippen molar-refractivity contribution >= 4 is 29.3 Å². The van der Waals surface area contributed by atoms with E-state index >= 15 is 0 Å². The van der Waals surface area contributed by atoms with Crippen LogP contribution in [0.1, 0.15) is 20.8 Å². The van der Waals surface area contributed by atoms with Gasteiger partial charge in [-0.2, -0.15) is 26.7 Å². The summed E-state index contributed by atoms with van der Waals surface area (Å²) in [5, 5.41) is 1.29. The van der Waals surface area contributed by atoms with Crippen molar-refractivity contribution in [3.63, 3.8) is 0 Å². The van der Waals surface area contributed by atoms with Gasteiger partial charge in [0.1, 0.15) is 0 Å². The van der Waals surface area contributed by atoms with Gasteiger partial charge < -0.3 is 9.64 Å². The summed E-state index contributed by atoms with van der Waals surface area (Å²) in [4.78, 5) is 14.6. The van der Waals surface area contributed by atoms with Gasteiger partial charge in [0.15, 0.2) is 0 Å². The zero-order chi connectivity index (χ0) is 13.1. The predicted molar refractivity (Wildman–Crippen MR) is 74.7 cm³/mol. The molecule has 1 fully saturated rings. The summed E-state index contributed by atoms with van der Waals surface area (Å²) in [6.07, 6.45) is 0. The van der Waals surface area contributed by atoms with E-state index in [1.54, 1.807) is 0 Å². The van der Waals surface area contributed by atoms with Gasteiger partial charge in [-0.3, -0.25) is 0 Å². The molecule has 0 spiro atoms. The Balaban J connectivity index is 2.21. The minimum absolute atomic E-state index is 0.182. The third kappa shape index (κ3) is 3.38. The molecule has 7 heteroatoms. The molecular weight excluding hydrogens is 272 g/mol. The lowest BCUT2D eigenvalue weighted by molar-refractivity contribution is 0.311. The standard InChI is InChI=1S/C11H17ClN4OS/c1-4-17-11-14-9(12)13-10(15-11)16-5-7(2)18-8(3)6-16/h7-8H,4-6H2,1-3H3. The Morgan fingerprint density at radius 2 is 1.94 bits per heavy atom. The molecule has 2 heterocycles. The molecule has 1 aliphatic heterocycles. The Morgan fingerprint density at radius 1 is 1.28 bits per heavy atom. The average Bonchev–Trinajstić information content (AvgIpc) is 2.27. The molecule has 2 rings (SSSR count). The van der Waals surface area contributed by atoms with E-state index in [4.69, 9.17) is 16.3 Å². The second-order valence-corrected chi connectivity index (χ2v) is 6.50. The molecule has 0 aromatic carbocycles. The summed E-state index contributed by atoms with van der Waals surface area (Å²) in [6, 6.07) is 0.297. The van der Waals surface area contributed by atoms with Crippen LogP contribution in [-0.4, -0.2) is 45.1 Å². The van der Waals surface area contributed by atoms with Crippen LogP contribution in [-0.2, 0) is 0 Å². The molecule has 0 radical (unpaired) electrons. The summed E-state index contributed by atoms with van der Waals surface area (Å²) in [5.41, 5.74) is 0. The first kappa shape index (κ1) is 13.7. The summed E-state index contributed by atoms with van der Waals surface area (Å²) in [5.74, 6) is 0.609. The van der Waals surface area contributed by atoms with Crippen LogP contribution in [0.5, 0.6) is 6.01 Å². The van der Waals surface area contributed by atoms with Gasteiger partial charge >= 0.3 is 6.01 Å². The molecule has 5 nitrogen and oxygen atoms in total. The summed E-state index contributed by atoms with van der Waals surface area (Å²) in [7, 11) is 0. The number of rotatable bonds is 3. The first-order valence-electron chi connectivity index (χ1n) is 6.03. The Labute approximate surface area is 116 Å². The highest BCUT2D eigenvalue weighted by atomic mass is 35.5. The number of thioether (sulfide) groups is 1. The zero-order valence-electron chi connectivity index (χ0n) is 10.8. The van der Waals surface area contributed by atoms with Gasteiger partial charge in [0.05, 0.1) is 6.61 Å². The second kappa shape index (κ2) is 5.93. The van der Waals surface area contributed by atoms with Gasteiger partial charge in [0.25, 0.3) is 0 Å². The maximum atomic E-state index is 5.90. The first-order valence-corrected chi connectivity index (χ1v) is 7.35. The Kier molecular flexibility index (Phi) is 4.50. The van der Waals surface area contributed by atoms with E-state index in [0.29, 0.717) is 29.1 Å². The summed E-state index contributed by atoms with van der Waals surface area (Å²) in [6.45, 7) is 8.66. The van der Waals surface area contributed by atoms with E-state index in [-0.39, 0.29) is 5.28 Å².